The molecule has 1 aromatic carbocycles. The van der Waals surface area contributed by atoms with E-state index < -0.39 is 35.8 Å². The number of aromatic amines is 1. The molecule has 11 nitrogen and oxygen atoms in total. The average molecular weight is 514 g/mol. The van der Waals surface area contributed by atoms with Gasteiger partial charge in [-0.3, -0.25) is 19.3 Å². The van der Waals surface area contributed by atoms with Crippen molar-refractivity contribution in [3.63, 3.8) is 0 Å². The van der Waals surface area contributed by atoms with Crippen LogP contribution in [0.5, 0.6) is 0 Å². The Kier molecular flexibility index (Phi) is 10.3. The van der Waals surface area contributed by atoms with Gasteiger partial charge in [0.1, 0.15) is 12.1 Å². The van der Waals surface area contributed by atoms with Crippen LogP contribution in [-0.4, -0.2) is 90.7 Å². The number of benzene rings is 1. The number of hydrogen-bond acceptors (Lipinski definition) is 8. The Morgan fingerprint density at radius 2 is 1.86 bits per heavy atom. The number of ketones is 1. The molecule has 0 unspecified atom stereocenters. The Bertz CT molecular complexity index is 1110. The zero-order valence-corrected chi connectivity index (χ0v) is 21.2. The Morgan fingerprint density at radius 3 is 2.57 bits per heavy atom. The van der Waals surface area contributed by atoms with Crippen molar-refractivity contribution in [1.82, 2.24) is 20.5 Å². The van der Waals surface area contributed by atoms with Crippen LogP contribution in [0.4, 0.5) is 0 Å². The second-order valence-corrected chi connectivity index (χ2v) is 9.27. The molecule has 1 aliphatic heterocycles. The highest BCUT2D eigenvalue weighted by Gasteiger charge is 2.29. The lowest BCUT2D eigenvalue weighted by Crippen LogP contribution is -2.54. The molecule has 1 fully saturated rings. The topological polar surface area (TPSA) is 154 Å². The lowest BCUT2D eigenvalue weighted by Gasteiger charge is -2.27. The summed E-state index contributed by atoms with van der Waals surface area (Å²) in [5, 5.41) is 13.5. The number of amides is 2. The van der Waals surface area contributed by atoms with Crippen LogP contribution in [0.2, 0.25) is 0 Å². The Morgan fingerprint density at radius 1 is 1.14 bits per heavy atom. The van der Waals surface area contributed by atoms with Crippen molar-refractivity contribution in [3.05, 3.63) is 36.0 Å². The predicted octanol–water partition coefficient (Wildman–Crippen LogP) is 0.963. The first-order chi connectivity index (χ1) is 17.8. The average Bonchev–Trinajstić information content (AvgIpc) is 3.28. The number of aromatic nitrogens is 1. The minimum atomic E-state index is -1.10. The van der Waals surface area contributed by atoms with Gasteiger partial charge < -0.3 is 30.5 Å². The number of carbonyl (C=O) groups excluding carboxylic acids is 4. The summed E-state index contributed by atoms with van der Waals surface area (Å²) in [5.41, 5.74) is 1.74. The summed E-state index contributed by atoms with van der Waals surface area (Å²) in [4.78, 5) is 55.8. The number of para-hydroxylation sites is 1. The fraction of sp³-hybridized carbons (Fsp3) is 0.500. The molecule has 2 atom stereocenters. The van der Waals surface area contributed by atoms with Crippen LogP contribution in [0.3, 0.4) is 0 Å². The van der Waals surface area contributed by atoms with E-state index in [9.17, 15) is 19.2 Å². The molecule has 3 rings (SSSR count). The molecule has 0 radical (unpaired) electrons. The van der Waals surface area contributed by atoms with Crippen LogP contribution in [0, 0.1) is 5.41 Å². The third-order valence-electron chi connectivity index (χ3n) is 6.01. The van der Waals surface area contributed by atoms with Crippen molar-refractivity contribution in [2.24, 2.45) is 0 Å². The molecular weight excluding hydrogens is 478 g/mol. The van der Waals surface area contributed by atoms with Gasteiger partial charge in [-0.15, -0.1) is 0 Å². The summed E-state index contributed by atoms with van der Waals surface area (Å²) in [5.74, 6) is -2.02. The molecule has 2 heterocycles. The molecule has 0 spiro atoms. The maximum atomic E-state index is 13.4. The van der Waals surface area contributed by atoms with Gasteiger partial charge in [-0.1, -0.05) is 18.2 Å². The quantitative estimate of drug-likeness (QED) is 0.230. The zero-order chi connectivity index (χ0) is 26.8. The standard InChI is InChI=1S/C26H35N5O6/c1-17(2)37-26(35)22(8-7-19(32)14-27)30-25(34)23(29-24(33)16-31-9-11-36-12-10-31)13-18-15-28-21-6-4-3-5-20(18)21/h3-6,14-15,17,22-23,27-28H,7-13,16H2,1-2H3,(H,29,33)(H,30,34)/t22-,23-/m0/s1. The molecule has 2 aromatic rings. The van der Waals surface area contributed by atoms with Gasteiger partial charge in [0, 0.05) is 43.0 Å². The fourth-order valence-corrected chi connectivity index (χ4v) is 4.13. The van der Waals surface area contributed by atoms with Gasteiger partial charge in [0.15, 0.2) is 5.78 Å². The van der Waals surface area contributed by atoms with E-state index in [0.29, 0.717) is 32.5 Å². The Labute approximate surface area is 215 Å². The summed E-state index contributed by atoms with van der Waals surface area (Å²) in [6.45, 7) is 5.82. The molecule has 2 amide bonds. The third-order valence-corrected chi connectivity index (χ3v) is 6.01. The SMILES string of the molecule is CC(C)OC(=O)[C@H](CCC(=O)C=N)NC(=O)[C@H](Cc1c[nH]c2ccccc12)NC(=O)CN1CCOCC1. The van der Waals surface area contributed by atoms with Crippen molar-refractivity contribution < 1.29 is 28.7 Å². The number of H-pyrrole nitrogens is 1. The van der Waals surface area contributed by atoms with Crippen LogP contribution >= 0.6 is 0 Å². The molecule has 37 heavy (non-hydrogen) atoms. The second-order valence-electron chi connectivity index (χ2n) is 9.27. The van der Waals surface area contributed by atoms with Crippen molar-refractivity contribution >= 4 is 40.7 Å². The highest BCUT2D eigenvalue weighted by atomic mass is 16.5. The molecule has 1 aliphatic rings. The van der Waals surface area contributed by atoms with Crippen LogP contribution in [-0.2, 0) is 35.1 Å². The summed E-state index contributed by atoms with van der Waals surface area (Å²) >= 11 is 0. The molecular formula is C26H35N5O6. The van der Waals surface area contributed by atoms with Crippen molar-refractivity contribution in [2.45, 2.75) is 51.3 Å². The highest BCUT2D eigenvalue weighted by Crippen LogP contribution is 2.19. The van der Waals surface area contributed by atoms with E-state index >= 15 is 0 Å². The number of ether oxygens (including phenoxy) is 2. The van der Waals surface area contributed by atoms with Crippen molar-refractivity contribution in [2.75, 3.05) is 32.8 Å². The smallest absolute Gasteiger partial charge is 0.328 e. The van der Waals surface area contributed by atoms with Crippen LogP contribution in [0.1, 0.15) is 32.3 Å². The molecule has 0 saturated carbocycles. The van der Waals surface area contributed by atoms with Gasteiger partial charge in [0.2, 0.25) is 11.8 Å². The largest absolute Gasteiger partial charge is 0.461 e. The van der Waals surface area contributed by atoms with E-state index in [0.717, 1.165) is 16.5 Å². The summed E-state index contributed by atoms with van der Waals surface area (Å²) in [6.07, 6.45) is 2.13. The molecule has 200 valence electrons. The van der Waals surface area contributed by atoms with E-state index in [2.05, 4.69) is 15.6 Å². The maximum Gasteiger partial charge on any atom is 0.328 e. The molecule has 11 heteroatoms. The zero-order valence-electron chi connectivity index (χ0n) is 21.2. The van der Waals surface area contributed by atoms with E-state index in [1.807, 2.05) is 29.2 Å². The number of nitrogens with one attached hydrogen (secondary N) is 4. The molecule has 0 aliphatic carbocycles. The van der Waals surface area contributed by atoms with Crippen LogP contribution < -0.4 is 10.6 Å². The number of hydrogen-bond donors (Lipinski definition) is 4. The monoisotopic (exact) mass is 513 g/mol. The van der Waals surface area contributed by atoms with Gasteiger partial charge >= 0.3 is 5.97 Å². The Balaban J connectivity index is 1.78. The minimum Gasteiger partial charge on any atom is -0.461 e. The summed E-state index contributed by atoms with van der Waals surface area (Å²) < 4.78 is 10.6. The fourth-order valence-electron chi connectivity index (χ4n) is 4.13. The van der Waals surface area contributed by atoms with E-state index in [1.165, 1.54) is 0 Å². The van der Waals surface area contributed by atoms with Gasteiger partial charge in [-0.25, -0.2) is 4.79 Å². The number of fused-ring (bicyclic) bond motifs is 1. The van der Waals surface area contributed by atoms with E-state index in [4.69, 9.17) is 14.9 Å². The number of morpholine rings is 1. The van der Waals surface area contributed by atoms with Crippen LogP contribution in [0.15, 0.2) is 30.5 Å². The summed E-state index contributed by atoms with van der Waals surface area (Å²) in [7, 11) is 0. The Hall–Kier alpha value is -3.57. The number of rotatable bonds is 13. The molecule has 4 N–H and O–H groups in total. The molecule has 1 aromatic heterocycles. The first-order valence-electron chi connectivity index (χ1n) is 12.5. The van der Waals surface area contributed by atoms with Gasteiger partial charge in [-0.05, 0) is 31.9 Å². The third kappa shape index (κ3) is 8.50. The number of nitrogens with zero attached hydrogens (tertiary/aromatic N) is 1. The van der Waals surface area contributed by atoms with E-state index in [1.54, 1.807) is 20.0 Å². The summed E-state index contributed by atoms with van der Waals surface area (Å²) in [6, 6.07) is 5.57. The molecule has 1 saturated heterocycles. The second kappa shape index (κ2) is 13.7. The van der Waals surface area contributed by atoms with Crippen molar-refractivity contribution in [1.29, 1.82) is 5.41 Å². The van der Waals surface area contributed by atoms with Crippen molar-refractivity contribution in [3.8, 4) is 0 Å². The maximum absolute atomic E-state index is 13.4. The predicted molar refractivity (Wildman–Crippen MR) is 137 cm³/mol. The van der Waals surface area contributed by atoms with Gasteiger partial charge in [-0.2, -0.15) is 0 Å². The lowest BCUT2D eigenvalue weighted by atomic mass is 10.0. The lowest BCUT2D eigenvalue weighted by molar-refractivity contribution is -0.151. The number of esters is 1. The first kappa shape index (κ1) is 28.0. The first-order valence-corrected chi connectivity index (χ1v) is 12.5. The van der Waals surface area contributed by atoms with Gasteiger partial charge in [0.05, 0.1) is 32.1 Å². The highest BCUT2D eigenvalue weighted by molar-refractivity contribution is 6.26. The van der Waals surface area contributed by atoms with Gasteiger partial charge in [0.25, 0.3) is 0 Å². The number of carbonyl (C=O) groups is 4. The van der Waals surface area contributed by atoms with E-state index in [-0.39, 0.29) is 31.7 Å². The van der Waals surface area contributed by atoms with Crippen LogP contribution in [0.25, 0.3) is 10.9 Å². The normalized spacial score (nSPS) is 15.6. The minimum absolute atomic E-state index is 0.0208. The number of Topliss-reactive ketones (excluding diaryl/α,β-unsaturated/α-hetero) is 1. The molecule has 0 bridgehead atoms.